The van der Waals surface area contributed by atoms with E-state index >= 15 is 0 Å². The van der Waals surface area contributed by atoms with Crippen molar-refractivity contribution in [2.45, 2.75) is 24.6 Å². The summed E-state index contributed by atoms with van der Waals surface area (Å²) in [4.78, 5) is 12.8. The average Bonchev–Trinajstić information content (AvgIpc) is 3.10. The number of hydrogen-bond acceptors (Lipinski definition) is 5. The summed E-state index contributed by atoms with van der Waals surface area (Å²) in [6, 6.07) is 7.81. The Hall–Kier alpha value is -2.98. The number of hydrogen-bond donors (Lipinski definition) is 1. The summed E-state index contributed by atoms with van der Waals surface area (Å²) in [5.74, 6) is 0.762. The number of pyridine rings is 1. The molecule has 0 atom stereocenters. The van der Waals surface area contributed by atoms with Crippen LogP contribution >= 0.6 is 0 Å². The first-order valence-electron chi connectivity index (χ1n) is 9.68. The second-order valence-electron chi connectivity index (χ2n) is 7.75. The van der Waals surface area contributed by atoms with Crippen molar-refractivity contribution in [3.05, 3.63) is 70.2 Å². The Morgan fingerprint density at radius 3 is 2.61 bits per heavy atom. The zero-order valence-corrected chi connectivity index (χ0v) is 16.8. The lowest BCUT2D eigenvalue weighted by Gasteiger charge is -2.42. The van der Waals surface area contributed by atoms with Gasteiger partial charge in [-0.05, 0) is 17.2 Å². The summed E-state index contributed by atoms with van der Waals surface area (Å²) >= 11 is 0. The van der Waals surface area contributed by atoms with E-state index in [1.807, 2.05) is 17.7 Å². The summed E-state index contributed by atoms with van der Waals surface area (Å²) in [7, 11) is 1.84. The highest BCUT2D eigenvalue weighted by atomic mass is 19.4. The van der Waals surface area contributed by atoms with E-state index in [9.17, 15) is 18.0 Å². The van der Waals surface area contributed by atoms with Crippen LogP contribution in [-0.4, -0.2) is 44.3 Å². The molecule has 1 aromatic carbocycles. The van der Waals surface area contributed by atoms with Gasteiger partial charge in [0.25, 0.3) is 5.56 Å². The van der Waals surface area contributed by atoms with E-state index in [1.54, 1.807) is 24.5 Å². The maximum absolute atomic E-state index is 13.4. The first kappa shape index (κ1) is 21.3. The molecule has 3 heterocycles. The highest BCUT2D eigenvalue weighted by Gasteiger charge is 2.42. The molecule has 0 amide bonds. The minimum Gasteiger partial charge on any atom is -0.395 e. The number of benzene rings is 1. The molecule has 3 aromatic rings. The fourth-order valence-corrected chi connectivity index (χ4v) is 3.78. The molecule has 31 heavy (non-hydrogen) atoms. The molecule has 0 saturated carbocycles. The molecule has 0 aliphatic carbocycles. The molecule has 1 aliphatic rings. The van der Waals surface area contributed by atoms with Crippen molar-refractivity contribution in [3.63, 3.8) is 0 Å². The van der Waals surface area contributed by atoms with Gasteiger partial charge in [0.2, 0.25) is 0 Å². The normalized spacial score (nSPS) is 15.6. The van der Waals surface area contributed by atoms with Crippen LogP contribution < -0.4 is 5.56 Å². The third-order valence-corrected chi connectivity index (χ3v) is 5.60. The third-order valence-electron chi connectivity index (χ3n) is 5.60. The van der Waals surface area contributed by atoms with E-state index < -0.39 is 29.3 Å². The fourth-order valence-electron chi connectivity index (χ4n) is 3.78. The predicted molar refractivity (Wildman–Crippen MR) is 105 cm³/mol. The van der Waals surface area contributed by atoms with Crippen LogP contribution in [0, 0.1) is 0 Å². The van der Waals surface area contributed by atoms with Gasteiger partial charge in [-0.15, -0.1) is 10.2 Å². The van der Waals surface area contributed by atoms with Crippen molar-refractivity contribution >= 4 is 0 Å². The first-order valence-corrected chi connectivity index (χ1v) is 9.68. The van der Waals surface area contributed by atoms with Gasteiger partial charge in [-0.25, -0.2) is 0 Å². The molecule has 2 aromatic heterocycles. The van der Waals surface area contributed by atoms with Gasteiger partial charge in [-0.2, -0.15) is 13.2 Å². The maximum atomic E-state index is 13.4. The van der Waals surface area contributed by atoms with Crippen molar-refractivity contribution in [3.8, 4) is 11.1 Å². The molecule has 0 spiro atoms. The smallest absolute Gasteiger partial charge is 0.395 e. The van der Waals surface area contributed by atoms with Gasteiger partial charge >= 0.3 is 6.18 Å². The Kier molecular flexibility index (Phi) is 5.44. The van der Waals surface area contributed by atoms with Gasteiger partial charge in [0.05, 0.1) is 25.4 Å². The zero-order chi connectivity index (χ0) is 22.2. The first-order chi connectivity index (χ1) is 14.7. The number of halogens is 3. The van der Waals surface area contributed by atoms with Gasteiger partial charge in [0, 0.05) is 37.2 Å². The minimum absolute atomic E-state index is 0.0702. The number of ether oxygens (including phenoxy) is 1. The molecular formula is C21H21F3N4O3. The Balaban J connectivity index is 1.79. The number of aromatic nitrogens is 4. The Morgan fingerprint density at radius 1 is 1.26 bits per heavy atom. The highest BCUT2D eigenvalue weighted by Crippen LogP contribution is 2.37. The third kappa shape index (κ3) is 4.00. The second-order valence-corrected chi connectivity index (χ2v) is 7.75. The van der Waals surface area contributed by atoms with E-state index in [0.29, 0.717) is 25.2 Å². The van der Waals surface area contributed by atoms with Gasteiger partial charge in [-0.1, -0.05) is 24.3 Å². The SMILES string of the molecule is Cn1cnnc1CC1(c2cccc(-c3cc(C(F)(F)F)cn(CCO)c3=O)c2)COC1. The molecule has 1 fully saturated rings. The van der Waals surface area contributed by atoms with Crippen LogP contribution in [0.5, 0.6) is 0 Å². The lowest BCUT2D eigenvalue weighted by molar-refractivity contribution is -0.138. The van der Waals surface area contributed by atoms with Crippen molar-refractivity contribution < 1.29 is 23.0 Å². The molecule has 1 N–H and O–H groups in total. The van der Waals surface area contributed by atoms with Crippen LogP contribution in [-0.2, 0) is 36.3 Å². The largest absolute Gasteiger partial charge is 0.417 e. The number of aliphatic hydroxyl groups is 1. The van der Waals surface area contributed by atoms with Gasteiger partial charge in [0.1, 0.15) is 12.2 Å². The molecule has 10 heteroatoms. The summed E-state index contributed by atoms with van der Waals surface area (Å²) in [6.07, 6.45) is -1.73. The van der Waals surface area contributed by atoms with E-state index in [0.717, 1.165) is 28.2 Å². The van der Waals surface area contributed by atoms with Gasteiger partial charge < -0.3 is 19.0 Å². The van der Waals surface area contributed by atoms with Crippen LogP contribution in [0.3, 0.4) is 0 Å². The van der Waals surface area contributed by atoms with Gasteiger partial charge in [0.15, 0.2) is 0 Å². The number of aliphatic hydroxyl groups excluding tert-OH is 1. The topological polar surface area (TPSA) is 82.2 Å². The van der Waals surface area contributed by atoms with Crippen LogP contribution in [0.4, 0.5) is 13.2 Å². The number of aryl methyl sites for hydroxylation is 1. The van der Waals surface area contributed by atoms with Crippen molar-refractivity contribution in [1.82, 2.24) is 19.3 Å². The van der Waals surface area contributed by atoms with E-state index in [1.165, 1.54) is 0 Å². The van der Waals surface area contributed by atoms with Crippen LogP contribution in [0.15, 0.2) is 47.7 Å². The fraction of sp³-hybridized carbons (Fsp3) is 0.381. The Labute approximate surface area is 175 Å². The Bertz CT molecular complexity index is 1150. The van der Waals surface area contributed by atoms with Crippen molar-refractivity contribution in [2.24, 2.45) is 7.05 Å². The van der Waals surface area contributed by atoms with Crippen LogP contribution in [0.25, 0.3) is 11.1 Å². The monoisotopic (exact) mass is 434 g/mol. The summed E-state index contributed by atoms with van der Waals surface area (Å²) in [6.45, 7) is 0.194. The second kappa shape index (κ2) is 7.93. The van der Waals surface area contributed by atoms with Crippen LogP contribution in [0.2, 0.25) is 0 Å². The number of alkyl halides is 3. The number of rotatable bonds is 6. The summed E-state index contributed by atoms with van der Waals surface area (Å²) < 4.78 is 48.4. The van der Waals surface area contributed by atoms with Crippen LogP contribution in [0.1, 0.15) is 17.0 Å². The predicted octanol–water partition coefficient (Wildman–Crippen LogP) is 2.17. The average molecular weight is 434 g/mol. The minimum atomic E-state index is -4.62. The summed E-state index contributed by atoms with van der Waals surface area (Å²) in [5.41, 5.74) is -0.774. The Morgan fingerprint density at radius 2 is 2.03 bits per heavy atom. The molecule has 1 aliphatic heterocycles. The van der Waals surface area contributed by atoms with Crippen molar-refractivity contribution in [1.29, 1.82) is 0 Å². The van der Waals surface area contributed by atoms with Crippen molar-refractivity contribution in [2.75, 3.05) is 19.8 Å². The molecule has 7 nitrogen and oxygen atoms in total. The van der Waals surface area contributed by atoms with E-state index in [2.05, 4.69) is 10.2 Å². The molecule has 0 unspecified atom stereocenters. The molecule has 0 bridgehead atoms. The van der Waals surface area contributed by atoms with E-state index in [-0.39, 0.29) is 12.1 Å². The van der Waals surface area contributed by atoms with E-state index in [4.69, 9.17) is 9.84 Å². The highest BCUT2D eigenvalue weighted by molar-refractivity contribution is 5.65. The standard InChI is InChI=1S/C21H21F3N4O3/c1-27-13-25-26-18(27)9-20(11-31-12-20)15-4-2-3-14(7-15)17-8-16(21(22,23)24)10-28(5-6-29)19(17)30/h2-4,7-8,10,13,29H,5-6,9,11-12H2,1H3. The molecular weight excluding hydrogens is 413 g/mol. The lowest BCUT2D eigenvalue weighted by Crippen LogP contribution is -2.49. The molecule has 4 rings (SSSR count). The molecule has 0 radical (unpaired) electrons. The van der Waals surface area contributed by atoms with Gasteiger partial charge in [-0.3, -0.25) is 4.79 Å². The molecule has 164 valence electrons. The zero-order valence-electron chi connectivity index (χ0n) is 16.8. The summed E-state index contributed by atoms with van der Waals surface area (Å²) in [5, 5.41) is 17.2. The molecule has 1 saturated heterocycles. The maximum Gasteiger partial charge on any atom is 0.417 e. The quantitative estimate of drug-likeness (QED) is 0.643. The number of nitrogens with zero attached hydrogens (tertiary/aromatic N) is 4. The lowest BCUT2D eigenvalue weighted by atomic mass is 9.75.